The van der Waals surface area contributed by atoms with Gasteiger partial charge in [0.25, 0.3) is 0 Å². The lowest BCUT2D eigenvalue weighted by Crippen LogP contribution is -2.17. The summed E-state index contributed by atoms with van der Waals surface area (Å²) in [6, 6.07) is 10.8. The van der Waals surface area contributed by atoms with Gasteiger partial charge < -0.3 is 9.84 Å². The van der Waals surface area contributed by atoms with E-state index in [1.807, 2.05) is 0 Å². The number of hydrogen-bond acceptors (Lipinski definition) is 3. The molecule has 4 nitrogen and oxygen atoms in total. The van der Waals surface area contributed by atoms with Crippen LogP contribution in [0.5, 0.6) is 5.75 Å². The quantitative estimate of drug-likeness (QED) is 0.806. The maximum atomic E-state index is 12.1. The van der Waals surface area contributed by atoms with E-state index in [1.165, 1.54) is 24.3 Å². The first kappa shape index (κ1) is 14.4. The van der Waals surface area contributed by atoms with E-state index in [0.717, 1.165) is 16.5 Å². The van der Waals surface area contributed by atoms with Crippen molar-refractivity contribution in [2.45, 2.75) is 13.0 Å². The first-order chi connectivity index (χ1) is 10.4. The molecule has 3 rings (SSSR count). The monoisotopic (exact) mass is 308 g/mol. The van der Waals surface area contributed by atoms with Crippen LogP contribution in [0.4, 0.5) is 13.2 Å². The Labute approximate surface area is 123 Å². The van der Waals surface area contributed by atoms with Gasteiger partial charge in [-0.05, 0) is 42.0 Å². The van der Waals surface area contributed by atoms with Crippen molar-refractivity contribution in [3.63, 3.8) is 0 Å². The fourth-order valence-electron chi connectivity index (χ4n) is 2.11. The number of nitrogens with zero attached hydrogens (tertiary/aromatic N) is 2. The number of ether oxygens (including phenoxy) is 1. The standard InChI is InChI=1S/C15H11F3N2O2/c16-15(17,18)22-13-4-2-12(3-5-13)20-8-11-7-10(9-21)1-6-14(11)19-20/h1-8,21H,9H2. The largest absolute Gasteiger partial charge is 0.573 e. The molecular formula is C15H11F3N2O2. The zero-order valence-electron chi connectivity index (χ0n) is 11.2. The fraction of sp³-hybridized carbons (Fsp3) is 0.133. The number of halogens is 3. The van der Waals surface area contributed by atoms with Gasteiger partial charge in [0.15, 0.2) is 0 Å². The molecule has 0 bridgehead atoms. The smallest absolute Gasteiger partial charge is 0.406 e. The molecule has 114 valence electrons. The predicted octanol–water partition coefficient (Wildman–Crippen LogP) is 3.42. The molecule has 0 radical (unpaired) electrons. The summed E-state index contributed by atoms with van der Waals surface area (Å²) < 4.78 is 41.7. The summed E-state index contributed by atoms with van der Waals surface area (Å²) in [6.07, 6.45) is -2.96. The van der Waals surface area contributed by atoms with Crippen molar-refractivity contribution in [1.82, 2.24) is 9.78 Å². The zero-order valence-corrected chi connectivity index (χ0v) is 11.2. The minimum absolute atomic E-state index is 0.0649. The first-order valence-electron chi connectivity index (χ1n) is 6.40. The van der Waals surface area contributed by atoms with Gasteiger partial charge in [0.2, 0.25) is 0 Å². The van der Waals surface area contributed by atoms with E-state index >= 15 is 0 Å². The summed E-state index contributed by atoms with van der Waals surface area (Å²) in [4.78, 5) is 0. The van der Waals surface area contributed by atoms with E-state index in [1.54, 1.807) is 29.1 Å². The normalized spacial score (nSPS) is 11.8. The van der Waals surface area contributed by atoms with Crippen LogP contribution in [-0.2, 0) is 6.61 Å². The molecule has 0 atom stereocenters. The van der Waals surface area contributed by atoms with E-state index in [2.05, 4.69) is 9.84 Å². The molecular weight excluding hydrogens is 297 g/mol. The number of alkyl halides is 3. The van der Waals surface area contributed by atoms with E-state index in [-0.39, 0.29) is 12.4 Å². The molecule has 0 spiro atoms. The Hall–Kier alpha value is -2.54. The lowest BCUT2D eigenvalue weighted by molar-refractivity contribution is -0.274. The van der Waals surface area contributed by atoms with Gasteiger partial charge >= 0.3 is 6.36 Å². The Morgan fingerprint density at radius 2 is 1.82 bits per heavy atom. The topological polar surface area (TPSA) is 47.3 Å². The second-order valence-corrected chi connectivity index (χ2v) is 4.67. The van der Waals surface area contributed by atoms with Crippen LogP contribution in [0, 0.1) is 0 Å². The Kier molecular flexibility index (Phi) is 3.50. The molecule has 0 fully saturated rings. The molecule has 2 aromatic carbocycles. The van der Waals surface area contributed by atoms with E-state index in [9.17, 15) is 13.2 Å². The van der Waals surface area contributed by atoms with Crippen LogP contribution in [0.1, 0.15) is 5.56 Å². The number of aromatic nitrogens is 2. The van der Waals surface area contributed by atoms with Gasteiger partial charge in [0.05, 0.1) is 17.8 Å². The molecule has 1 heterocycles. The number of hydrogen-bond donors (Lipinski definition) is 1. The molecule has 0 unspecified atom stereocenters. The second kappa shape index (κ2) is 5.34. The van der Waals surface area contributed by atoms with E-state index in [0.29, 0.717) is 5.69 Å². The van der Waals surface area contributed by atoms with Crippen LogP contribution in [0.3, 0.4) is 0 Å². The van der Waals surface area contributed by atoms with Crippen LogP contribution >= 0.6 is 0 Å². The number of fused-ring (bicyclic) bond motifs is 1. The van der Waals surface area contributed by atoms with E-state index < -0.39 is 6.36 Å². The maximum absolute atomic E-state index is 12.1. The molecule has 0 aliphatic rings. The van der Waals surface area contributed by atoms with Crippen molar-refractivity contribution in [2.24, 2.45) is 0 Å². The Morgan fingerprint density at radius 3 is 2.45 bits per heavy atom. The van der Waals surface area contributed by atoms with Crippen molar-refractivity contribution in [1.29, 1.82) is 0 Å². The highest BCUT2D eigenvalue weighted by molar-refractivity contribution is 5.79. The zero-order chi connectivity index (χ0) is 15.7. The van der Waals surface area contributed by atoms with Crippen molar-refractivity contribution in [2.75, 3.05) is 0 Å². The van der Waals surface area contributed by atoms with Gasteiger partial charge in [-0.2, -0.15) is 5.10 Å². The average molecular weight is 308 g/mol. The number of aliphatic hydroxyl groups is 1. The molecule has 0 amide bonds. The first-order valence-corrected chi connectivity index (χ1v) is 6.40. The summed E-state index contributed by atoms with van der Waals surface area (Å²) in [6.45, 7) is -0.0649. The molecule has 1 aromatic heterocycles. The van der Waals surface area contributed by atoms with Crippen LogP contribution in [0.25, 0.3) is 16.6 Å². The predicted molar refractivity (Wildman–Crippen MR) is 73.7 cm³/mol. The Balaban J connectivity index is 1.90. The third-order valence-electron chi connectivity index (χ3n) is 3.09. The minimum atomic E-state index is -4.71. The summed E-state index contributed by atoms with van der Waals surface area (Å²) in [7, 11) is 0. The van der Waals surface area contributed by atoms with Crippen molar-refractivity contribution < 1.29 is 23.0 Å². The Morgan fingerprint density at radius 1 is 1.09 bits per heavy atom. The van der Waals surface area contributed by atoms with Crippen LogP contribution in [-0.4, -0.2) is 21.2 Å². The summed E-state index contributed by atoms with van der Waals surface area (Å²) in [5.74, 6) is -0.282. The molecule has 0 saturated heterocycles. The molecule has 22 heavy (non-hydrogen) atoms. The lowest BCUT2D eigenvalue weighted by atomic mass is 10.2. The number of benzene rings is 2. The van der Waals surface area contributed by atoms with Gasteiger partial charge in [0, 0.05) is 11.6 Å². The lowest BCUT2D eigenvalue weighted by Gasteiger charge is -2.09. The third kappa shape index (κ3) is 3.04. The van der Waals surface area contributed by atoms with Gasteiger partial charge in [-0.25, -0.2) is 4.68 Å². The van der Waals surface area contributed by atoms with Gasteiger partial charge in [-0.1, -0.05) is 6.07 Å². The summed E-state index contributed by atoms with van der Waals surface area (Å²) in [5.41, 5.74) is 2.10. The van der Waals surface area contributed by atoms with Crippen molar-refractivity contribution in [3.8, 4) is 11.4 Å². The van der Waals surface area contributed by atoms with Crippen LogP contribution in [0.15, 0.2) is 48.7 Å². The number of rotatable bonds is 3. The highest BCUT2D eigenvalue weighted by Gasteiger charge is 2.30. The average Bonchev–Trinajstić information content (AvgIpc) is 2.89. The van der Waals surface area contributed by atoms with Gasteiger partial charge in [-0.15, -0.1) is 13.2 Å². The van der Waals surface area contributed by atoms with Crippen LogP contribution < -0.4 is 4.74 Å². The molecule has 0 saturated carbocycles. The minimum Gasteiger partial charge on any atom is -0.406 e. The second-order valence-electron chi connectivity index (χ2n) is 4.67. The van der Waals surface area contributed by atoms with Crippen molar-refractivity contribution >= 4 is 10.9 Å². The molecule has 7 heteroatoms. The SMILES string of the molecule is OCc1ccc2nn(-c3ccc(OC(F)(F)F)cc3)cc2c1. The summed E-state index contributed by atoms with van der Waals surface area (Å²) in [5, 5.41) is 14.3. The third-order valence-corrected chi connectivity index (χ3v) is 3.09. The maximum Gasteiger partial charge on any atom is 0.573 e. The molecule has 0 aliphatic carbocycles. The molecule has 1 N–H and O–H groups in total. The Bertz CT molecular complexity index is 795. The van der Waals surface area contributed by atoms with Gasteiger partial charge in [0.1, 0.15) is 5.75 Å². The summed E-state index contributed by atoms with van der Waals surface area (Å²) >= 11 is 0. The van der Waals surface area contributed by atoms with Crippen molar-refractivity contribution in [3.05, 3.63) is 54.2 Å². The highest BCUT2D eigenvalue weighted by Crippen LogP contribution is 2.24. The van der Waals surface area contributed by atoms with E-state index in [4.69, 9.17) is 5.11 Å². The van der Waals surface area contributed by atoms with Gasteiger partial charge in [-0.3, -0.25) is 0 Å². The molecule has 0 aliphatic heterocycles. The highest BCUT2D eigenvalue weighted by atomic mass is 19.4. The van der Waals surface area contributed by atoms with Crippen LogP contribution in [0.2, 0.25) is 0 Å². The number of aliphatic hydroxyl groups excluding tert-OH is 1. The fourth-order valence-corrected chi connectivity index (χ4v) is 2.11. The molecule has 3 aromatic rings.